The van der Waals surface area contributed by atoms with Crippen LogP contribution in [0.25, 0.3) is 0 Å². The summed E-state index contributed by atoms with van der Waals surface area (Å²) in [7, 11) is 0. The number of hydrogen-bond acceptors (Lipinski definition) is 4. The fraction of sp³-hybridized carbons (Fsp3) is 0.680. The predicted molar refractivity (Wildman–Crippen MR) is 125 cm³/mol. The van der Waals surface area contributed by atoms with Gasteiger partial charge in [-0.15, -0.1) is 0 Å². The average molecular weight is 465 g/mol. The van der Waals surface area contributed by atoms with Gasteiger partial charge in [0, 0.05) is 29.4 Å². The molecule has 0 aromatic heterocycles. The van der Waals surface area contributed by atoms with Gasteiger partial charge in [-0.2, -0.15) is 0 Å². The van der Waals surface area contributed by atoms with Crippen molar-refractivity contribution < 1.29 is 19.8 Å². The van der Waals surface area contributed by atoms with Gasteiger partial charge in [-0.05, 0) is 55.7 Å². The van der Waals surface area contributed by atoms with E-state index in [9.17, 15) is 19.8 Å². The molecule has 1 saturated heterocycles. The maximum absolute atomic E-state index is 13.5. The zero-order chi connectivity index (χ0) is 23.7. The van der Waals surface area contributed by atoms with Gasteiger partial charge < -0.3 is 20.4 Å². The number of nitrogens with one attached hydrogen (secondary N) is 1. The van der Waals surface area contributed by atoms with Crippen LogP contribution in [0.3, 0.4) is 0 Å². The molecule has 32 heavy (non-hydrogen) atoms. The maximum Gasteiger partial charge on any atom is 0.245 e. The summed E-state index contributed by atoms with van der Waals surface area (Å²) in [5.41, 5.74) is -0.861. The summed E-state index contributed by atoms with van der Waals surface area (Å²) in [6.45, 7) is 8.61. The fourth-order valence-corrected chi connectivity index (χ4v) is 5.22. The van der Waals surface area contributed by atoms with Crippen molar-refractivity contribution in [2.75, 3.05) is 13.1 Å². The second-order valence-electron chi connectivity index (χ2n) is 10.5. The predicted octanol–water partition coefficient (Wildman–Crippen LogP) is 3.48. The molecule has 2 fully saturated rings. The van der Waals surface area contributed by atoms with E-state index >= 15 is 0 Å². The number of benzene rings is 1. The average Bonchev–Trinajstić information content (AvgIpc) is 2.74. The SMILES string of the molecule is CC(C)[C@@H](NC(=O)[C@H]1CC[C@@H](O)CC1)C(=O)N1CC[C@](O)(c2ccc(Cl)cc2)C(C)(C)C1. The Labute approximate surface area is 196 Å². The Morgan fingerprint density at radius 1 is 1.12 bits per heavy atom. The Kier molecular flexibility index (Phi) is 7.58. The highest BCUT2D eigenvalue weighted by atomic mass is 35.5. The number of aliphatic hydroxyl groups excluding tert-OH is 1. The lowest BCUT2D eigenvalue weighted by atomic mass is 9.66. The monoisotopic (exact) mass is 464 g/mol. The van der Waals surface area contributed by atoms with E-state index < -0.39 is 17.1 Å². The molecule has 7 heteroatoms. The minimum absolute atomic E-state index is 0.0548. The Hall–Kier alpha value is -1.63. The standard InChI is InChI=1S/C25H37ClN2O4/c1-16(2)21(27-22(30)17-5-11-20(29)12-6-17)23(31)28-14-13-25(32,24(3,4)15-28)18-7-9-19(26)10-8-18/h7-10,16-17,20-21,29,32H,5-6,11-15H2,1-4H3,(H,27,30)/t17-,20+,21-,25+/m1/s1. The molecule has 3 N–H and O–H groups in total. The largest absolute Gasteiger partial charge is 0.393 e. The van der Waals surface area contributed by atoms with Crippen LogP contribution in [0.1, 0.15) is 65.4 Å². The number of likely N-dealkylation sites (tertiary alicyclic amines) is 1. The molecule has 2 atom stereocenters. The van der Waals surface area contributed by atoms with Crippen LogP contribution in [-0.4, -0.2) is 52.2 Å². The van der Waals surface area contributed by atoms with E-state index in [4.69, 9.17) is 11.6 Å². The van der Waals surface area contributed by atoms with Crippen LogP contribution < -0.4 is 5.32 Å². The molecule has 1 aromatic rings. The van der Waals surface area contributed by atoms with Crippen molar-refractivity contribution in [3.05, 3.63) is 34.9 Å². The van der Waals surface area contributed by atoms with Crippen LogP contribution in [0.4, 0.5) is 0 Å². The maximum atomic E-state index is 13.5. The summed E-state index contributed by atoms with van der Waals surface area (Å²) in [5, 5.41) is 24.9. The third-order valence-corrected chi connectivity index (χ3v) is 7.63. The van der Waals surface area contributed by atoms with Crippen LogP contribution >= 0.6 is 11.6 Å². The molecular weight excluding hydrogens is 428 g/mol. The summed E-state index contributed by atoms with van der Waals surface area (Å²) < 4.78 is 0. The van der Waals surface area contributed by atoms with Crippen LogP contribution in [0.2, 0.25) is 5.02 Å². The lowest BCUT2D eigenvalue weighted by Crippen LogP contribution is -2.60. The van der Waals surface area contributed by atoms with Gasteiger partial charge in [0.2, 0.25) is 11.8 Å². The fourth-order valence-electron chi connectivity index (χ4n) is 5.09. The Morgan fingerprint density at radius 3 is 2.25 bits per heavy atom. The van der Waals surface area contributed by atoms with Gasteiger partial charge in [-0.25, -0.2) is 0 Å². The highest BCUT2D eigenvalue weighted by Gasteiger charge is 2.50. The molecule has 0 spiro atoms. The molecule has 1 saturated carbocycles. The highest BCUT2D eigenvalue weighted by molar-refractivity contribution is 6.30. The van der Waals surface area contributed by atoms with Gasteiger partial charge in [0.05, 0.1) is 11.7 Å². The molecule has 3 rings (SSSR count). The number of rotatable bonds is 5. The minimum atomic E-state index is -1.08. The van der Waals surface area contributed by atoms with Gasteiger partial charge in [0.15, 0.2) is 0 Å². The summed E-state index contributed by atoms with van der Waals surface area (Å²) in [4.78, 5) is 28.1. The van der Waals surface area contributed by atoms with Crippen molar-refractivity contribution in [1.29, 1.82) is 0 Å². The van der Waals surface area contributed by atoms with Crippen LogP contribution in [-0.2, 0) is 15.2 Å². The summed E-state index contributed by atoms with van der Waals surface area (Å²) in [5.74, 6) is -0.408. The van der Waals surface area contributed by atoms with Crippen molar-refractivity contribution >= 4 is 23.4 Å². The molecule has 1 aliphatic carbocycles. The van der Waals surface area contributed by atoms with Gasteiger partial charge >= 0.3 is 0 Å². The van der Waals surface area contributed by atoms with Gasteiger partial charge in [0.25, 0.3) is 0 Å². The quantitative estimate of drug-likeness (QED) is 0.622. The lowest BCUT2D eigenvalue weighted by molar-refractivity contribution is -0.157. The molecule has 2 aliphatic rings. The molecule has 0 unspecified atom stereocenters. The van der Waals surface area contributed by atoms with Crippen molar-refractivity contribution in [2.45, 2.75) is 77.5 Å². The number of piperidine rings is 1. The van der Waals surface area contributed by atoms with E-state index in [0.717, 1.165) is 5.56 Å². The Morgan fingerprint density at radius 2 is 1.72 bits per heavy atom. The molecular formula is C25H37ClN2O4. The molecule has 1 aromatic carbocycles. The molecule has 1 heterocycles. The number of carbonyl (C=O) groups is 2. The smallest absolute Gasteiger partial charge is 0.245 e. The van der Waals surface area contributed by atoms with Crippen molar-refractivity contribution in [3.8, 4) is 0 Å². The molecule has 6 nitrogen and oxygen atoms in total. The number of hydrogen-bond donors (Lipinski definition) is 3. The van der Waals surface area contributed by atoms with Gasteiger partial charge in [-0.1, -0.05) is 51.4 Å². The van der Waals surface area contributed by atoms with Crippen molar-refractivity contribution in [3.63, 3.8) is 0 Å². The molecule has 178 valence electrons. The third-order valence-electron chi connectivity index (χ3n) is 7.38. The van der Waals surface area contributed by atoms with E-state index in [-0.39, 0.29) is 29.8 Å². The van der Waals surface area contributed by atoms with Crippen LogP contribution in [0, 0.1) is 17.3 Å². The van der Waals surface area contributed by atoms with Crippen LogP contribution in [0.15, 0.2) is 24.3 Å². The second-order valence-corrected chi connectivity index (χ2v) is 10.9. The first kappa shape index (κ1) is 25.0. The van der Waals surface area contributed by atoms with E-state index in [1.165, 1.54) is 0 Å². The summed E-state index contributed by atoms with van der Waals surface area (Å²) >= 11 is 6.02. The van der Waals surface area contributed by atoms with Gasteiger partial charge in [0.1, 0.15) is 6.04 Å². The normalized spacial score (nSPS) is 28.9. The van der Waals surface area contributed by atoms with Crippen LogP contribution in [0.5, 0.6) is 0 Å². The highest BCUT2D eigenvalue weighted by Crippen LogP contribution is 2.46. The zero-order valence-corrected chi connectivity index (χ0v) is 20.4. The summed E-state index contributed by atoms with van der Waals surface area (Å²) in [6, 6.07) is 6.64. The van der Waals surface area contributed by atoms with Crippen molar-refractivity contribution in [1.82, 2.24) is 10.2 Å². The van der Waals surface area contributed by atoms with E-state index in [1.54, 1.807) is 17.0 Å². The summed E-state index contributed by atoms with van der Waals surface area (Å²) in [6.07, 6.45) is 2.64. The van der Waals surface area contributed by atoms with E-state index in [2.05, 4.69) is 5.32 Å². The zero-order valence-electron chi connectivity index (χ0n) is 19.6. The molecule has 1 aliphatic heterocycles. The Bertz CT molecular complexity index is 818. The first-order chi connectivity index (χ1) is 14.9. The van der Waals surface area contributed by atoms with Crippen molar-refractivity contribution in [2.24, 2.45) is 17.3 Å². The Balaban J connectivity index is 1.70. The molecule has 2 amide bonds. The first-order valence-electron chi connectivity index (χ1n) is 11.7. The topological polar surface area (TPSA) is 89.9 Å². The first-order valence-corrected chi connectivity index (χ1v) is 12.1. The van der Waals surface area contributed by atoms with Gasteiger partial charge in [-0.3, -0.25) is 9.59 Å². The lowest BCUT2D eigenvalue weighted by Gasteiger charge is -2.51. The second kappa shape index (κ2) is 9.70. The number of carbonyl (C=O) groups excluding carboxylic acids is 2. The number of aliphatic hydroxyl groups is 2. The minimum Gasteiger partial charge on any atom is -0.393 e. The van der Waals surface area contributed by atoms with E-state index in [0.29, 0.717) is 50.2 Å². The third kappa shape index (κ3) is 5.13. The number of halogens is 1. The molecule has 0 radical (unpaired) electrons. The number of nitrogens with zero attached hydrogens (tertiary/aromatic N) is 1. The molecule has 0 bridgehead atoms. The van der Waals surface area contributed by atoms with E-state index in [1.807, 2.05) is 39.8 Å². The number of amides is 2.